The van der Waals surface area contributed by atoms with E-state index >= 15 is 0 Å². The highest BCUT2D eigenvalue weighted by atomic mass is 127. The van der Waals surface area contributed by atoms with E-state index in [4.69, 9.17) is 4.74 Å². The lowest BCUT2D eigenvalue weighted by molar-refractivity contribution is 0.0888. The fourth-order valence-electron chi connectivity index (χ4n) is 4.48. The van der Waals surface area contributed by atoms with Gasteiger partial charge in [0.2, 0.25) is 5.88 Å². The van der Waals surface area contributed by atoms with Gasteiger partial charge in [-0.05, 0) is 91.6 Å². The molecule has 1 fully saturated rings. The van der Waals surface area contributed by atoms with E-state index in [1.807, 2.05) is 41.7 Å². The SMILES string of the molecule is Cc1cccc2nc(C(=O)N[C@H]3CC[C@H](NC(=O)c4cc(F)cnc4Oc4cccc(I)c4)CC3)cn12. The molecule has 4 aromatic rings. The van der Waals surface area contributed by atoms with Crippen LogP contribution >= 0.6 is 22.6 Å². The van der Waals surface area contributed by atoms with Crippen molar-refractivity contribution in [1.82, 2.24) is 25.0 Å². The molecule has 0 saturated heterocycles. The molecule has 0 aliphatic heterocycles. The van der Waals surface area contributed by atoms with Crippen molar-refractivity contribution in [3.8, 4) is 11.6 Å². The fourth-order valence-corrected chi connectivity index (χ4v) is 4.99. The maximum absolute atomic E-state index is 13.9. The maximum atomic E-state index is 13.9. The van der Waals surface area contributed by atoms with Crippen LogP contribution in [0.4, 0.5) is 4.39 Å². The van der Waals surface area contributed by atoms with Crippen LogP contribution in [0.2, 0.25) is 0 Å². The minimum Gasteiger partial charge on any atom is -0.438 e. The Kier molecular flexibility index (Phi) is 7.36. The minimum atomic E-state index is -0.617. The van der Waals surface area contributed by atoms with Crippen LogP contribution in [0.1, 0.15) is 52.2 Å². The van der Waals surface area contributed by atoms with Crippen LogP contribution in [-0.2, 0) is 0 Å². The first-order valence-electron chi connectivity index (χ1n) is 12.0. The summed E-state index contributed by atoms with van der Waals surface area (Å²) < 4.78 is 22.6. The molecule has 1 aromatic carbocycles. The highest BCUT2D eigenvalue weighted by Crippen LogP contribution is 2.26. The second-order valence-electron chi connectivity index (χ2n) is 9.08. The van der Waals surface area contributed by atoms with Crippen molar-refractivity contribution in [2.45, 2.75) is 44.7 Å². The van der Waals surface area contributed by atoms with E-state index in [0.29, 0.717) is 37.1 Å². The third kappa shape index (κ3) is 5.90. The van der Waals surface area contributed by atoms with Crippen molar-refractivity contribution in [3.63, 3.8) is 0 Å². The molecule has 0 spiro atoms. The van der Waals surface area contributed by atoms with E-state index in [-0.39, 0.29) is 29.4 Å². The Morgan fingerprint density at radius 2 is 1.73 bits per heavy atom. The predicted octanol–water partition coefficient (Wildman–Crippen LogP) is 5.04. The molecule has 8 nitrogen and oxygen atoms in total. The number of carbonyl (C=O) groups excluding carboxylic acids is 2. The lowest BCUT2D eigenvalue weighted by atomic mass is 9.91. The summed E-state index contributed by atoms with van der Waals surface area (Å²) in [6.07, 6.45) is 5.54. The molecule has 1 aliphatic rings. The number of hydrogen-bond donors (Lipinski definition) is 2. The maximum Gasteiger partial charge on any atom is 0.271 e. The molecule has 0 radical (unpaired) electrons. The largest absolute Gasteiger partial charge is 0.438 e. The first kappa shape index (κ1) is 25.1. The number of nitrogens with zero attached hydrogens (tertiary/aromatic N) is 3. The molecule has 1 saturated carbocycles. The number of benzene rings is 1. The summed E-state index contributed by atoms with van der Waals surface area (Å²) in [6, 6.07) is 14.0. The van der Waals surface area contributed by atoms with E-state index in [9.17, 15) is 14.0 Å². The zero-order valence-corrected chi connectivity index (χ0v) is 22.2. The average Bonchev–Trinajstić information content (AvgIpc) is 3.32. The number of hydrogen-bond acceptors (Lipinski definition) is 5. The highest BCUT2D eigenvalue weighted by Gasteiger charge is 2.26. The van der Waals surface area contributed by atoms with Crippen molar-refractivity contribution in [1.29, 1.82) is 0 Å². The Morgan fingerprint density at radius 1 is 1.03 bits per heavy atom. The molecule has 2 amide bonds. The van der Waals surface area contributed by atoms with Crippen molar-refractivity contribution >= 4 is 40.1 Å². The van der Waals surface area contributed by atoms with Crippen LogP contribution in [0.3, 0.4) is 0 Å². The third-order valence-electron chi connectivity index (χ3n) is 6.40. The van der Waals surface area contributed by atoms with Crippen LogP contribution in [-0.4, -0.2) is 38.3 Å². The lowest BCUT2D eigenvalue weighted by Crippen LogP contribution is -2.44. The van der Waals surface area contributed by atoms with Gasteiger partial charge < -0.3 is 19.8 Å². The van der Waals surface area contributed by atoms with Crippen molar-refractivity contribution in [2.75, 3.05) is 0 Å². The van der Waals surface area contributed by atoms with Crippen LogP contribution in [0, 0.1) is 16.3 Å². The third-order valence-corrected chi connectivity index (χ3v) is 7.07. The summed E-state index contributed by atoms with van der Waals surface area (Å²) >= 11 is 2.16. The standard InChI is InChI=1S/C27H25FIN5O3/c1-16-4-2-7-24-33-23(15-34(16)24)26(36)32-20-10-8-19(9-11-20)31-25(35)22-12-17(28)14-30-27(22)37-21-6-3-5-18(29)13-21/h2-7,12-15,19-20H,8-11H2,1H3,(H,31,35)(H,32,36)/t19-,20-. The topological polar surface area (TPSA) is 97.6 Å². The Hall–Kier alpha value is -3.54. The summed E-state index contributed by atoms with van der Waals surface area (Å²) in [4.78, 5) is 34.2. The minimum absolute atomic E-state index is 0.0122. The second kappa shape index (κ2) is 10.8. The number of amides is 2. The molecule has 0 unspecified atom stereocenters. The molecule has 3 aromatic heterocycles. The summed E-state index contributed by atoms with van der Waals surface area (Å²) in [7, 11) is 0. The summed E-state index contributed by atoms with van der Waals surface area (Å²) in [6.45, 7) is 1.96. The summed E-state index contributed by atoms with van der Waals surface area (Å²) in [5.41, 5.74) is 2.15. The normalized spacial score (nSPS) is 17.4. The summed E-state index contributed by atoms with van der Waals surface area (Å²) in [5.74, 6) is -0.714. The van der Waals surface area contributed by atoms with Gasteiger partial charge in [-0.25, -0.2) is 14.4 Å². The molecule has 0 bridgehead atoms. The van der Waals surface area contributed by atoms with Gasteiger partial charge in [-0.1, -0.05) is 12.1 Å². The van der Waals surface area contributed by atoms with E-state index in [1.165, 1.54) is 0 Å². The summed E-state index contributed by atoms with van der Waals surface area (Å²) in [5, 5.41) is 6.04. The van der Waals surface area contributed by atoms with Crippen LogP contribution < -0.4 is 15.4 Å². The first-order chi connectivity index (χ1) is 17.9. The van der Waals surface area contributed by atoms with Gasteiger partial charge >= 0.3 is 0 Å². The molecule has 2 N–H and O–H groups in total. The molecular weight excluding hydrogens is 588 g/mol. The lowest BCUT2D eigenvalue weighted by Gasteiger charge is -2.29. The number of aryl methyl sites for hydroxylation is 1. The molecule has 10 heteroatoms. The molecule has 5 rings (SSSR count). The number of pyridine rings is 2. The van der Waals surface area contributed by atoms with Gasteiger partial charge in [-0.15, -0.1) is 0 Å². The van der Waals surface area contributed by atoms with Crippen molar-refractivity contribution in [2.24, 2.45) is 0 Å². The van der Waals surface area contributed by atoms with Crippen LogP contribution in [0.25, 0.3) is 5.65 Å². The van der Waals surface area contributed by atoms with Gasteiger partial charge in [0, 0.05) is 27.5 Å². The Labute approximate surface area is 226 Å². The van der Waals surface area contributed by atoms with Crippen molar-refractivity contribution in [3.05, 3.63) is 87.3 Å². The van der Waals surface area contributed by atoms with Gasteiger partial charge in [0.15, 0.2) is 0 Å². The van der Waals surface area contributed by atoms with Gasteiger partial charge in [0.05, 0.1) is 6.20 Å². The number of aromatic nitrogens is 3. The molecule has 0 atom stereocenters. The quantitative estimate of drug-likeness (QED) is 0.297. The number of carbonyl (C=O) groups is 2. The van der Waals surface area contributed by atoms with Gasteiger partial charge in [0.1, 0.15) is 28.5 Å². The molecule has 37 heavy (non-hydrogen) atoms. The van der Waals surface area contributed by atoms with E-state index in [1.54, 1.807) is 18.3 Å². The van der Waals surface area contributed by atoms with E-state index in [0.717, 1.165) is 27.2 Å². The molecule has 3 heterocycles. The number of halogens is 2. The fraction of sp³-hybridized carbons (Fsp3) is 0.259. The van der Waals surface area contributed by atoms with E-state index in [2.05, 4.69) is 43.2 Å². The van der Waals surface area contributed by atoms with Gasteiger partial charge in [0.25, 0.3) is 11.8 Å². The molecule has 190 valence electrons. The Bertz CT molecular complexity index is 1470. The number of fused-ring (bicyclic) bond motifs is 1. The number of ether oxygens (including phenoxy) is 1. The Morgan fingerprint density at radius 3 is 2.43 bits per heavy atom. The monoisotopic (exact) mass is 613 g/mol. The zero-order chi connectivity index (χ0) is 25.9. The van der Waals surface area contributed by atoms with Crippen LogP contribution in [0.15, 0.2) is 60.9 Å². The zero-order valence-electron chi connectivity index (χ0n) is 20.1. The van der Waals surface area contributed by atoms with Crippen LogP contribution in [0.5, 0.6) is 11.6 Å². The van der Waals surface area contributed by atoms with E-state index < -0.39 is 11.7 Å². The van der Waals surface area contributed by atoms with Gasteiger partial charge in [-0.3, -0.25) is 9.59 Å². The average molecular weight is 613 g/mol. The molecule has 1 aliphatic carbocycles. The van der Waals surface area contributed by atoms with Gasteiger partial charge in [-0.2, -0.15) is 0 Å². The number of nitrogens with one attached hydrogen (secondary N) is 2. The smallest absolute Gasteiger partial charge is 0.271 e. The Balaban J connectivity index is 1.18. The van der Waals surface area contributed by atoms with Crippen molar-refractivity contribution < 1.29 is 18.7 Å². The highest BCUT2D eigenvalue weighted by molar-refractivity contribution is 14.1. The number of imidazole rings is 1. The predicted molar refractivity (Wildman–Crippen MR) is 144 cm³/mol. The second-order valence-corrected chi connectivity index (χ2v) is 10.3. The number of rotatable bonds is 6. The molecular formula is C27H25FIN5O3. The first-order valence-corrected chi connectivity index (χ1v) is 13.1.